The van der Waals surface area contributed by atoms with Gasteiger partial charge in [-0.05, 0) is 48.7 Å². The predicted molar refractivity (Wildman–Crippen MR) is 100 cm³/mol. The van der Waals surface area contributed by atoms with Crippen LogP contribution in [-0.2, 0) is 11.2 Å². The van der Waals surface area contributed by atoms with Crippen molar-refractivity contribution >= 4 is 23.2 Å². The zero-order valence-electron chi connectivity index (χ0n) is 14.7. The number of carbonyl (C=O) groups is 2. The van der Waals surface area contributed by atoms with Crippen molar-refractivity contribution in [3.63, 3.8) is 0 Å². The van der Waals surface area contributed by atoms with Crippen LogP contribution in [0.2, 0.25) is 0 Å². The van der Waals surface area contributed by atoms with E-state index in [1.807, 2.05) is 49.3 Å². The van der Waals surface area contributed by atoms with Gasteiger partial charge < -0.3 is 15.1 Å². The second kappa shape index (κ2) is 7.38. The molecule has 2 amide bonds. The Morgan fingerprint density at radius 2 is 1.80 bits per heavy atom. The number of amides is 2. The number of carbonyl (C=O) groups excluding carboxylic acids is 2. The summed E-state index contributed by atoms with van der Waals surface area (Å²) in [5, 5.41) is 2.73. The molecular formula is C20H23N3O2. The number of fused-ring (bicyclic) bond motifs is 1. The minimum absolute atomic E-state index is 0.00258. The summed E-state index contributed by atoms with van der Waals surface area (Å²) in [6, 6.07) is 15.3. The van der Waals surface area contributed by atoms with E-state index in [2.05, 4.69) is 11.4 Å². The van der Waals surface area contributed by atoms with E-state index in [4.69, 9.17) is 0 Å². The van der Waals surface area contributed by atoms with Gasteiger partial charge in [0.2, 0.25) is 5.91 Å². The first-order valence-corrected chi connectivity index (χ1v) is 8.50. The van der Waals surface area contributed by atoms with Crippen LogP contribution in [0.3, 0.4) is 0 Å². The third kappa shape index (κ3) is 3.82. The third-order valence-electron chi connectivity index (χ3n) is 4.46. The van der Waals surface area contributed by atoms with Gasteiger partial charge in [0, 0.05) is 37.6 Å². The monoisotopic (exact) mass is 337 g/mol. The van der Waals surface area contributed by atoms with Gasteiger partial charge in [-0.25, -0.2) is 0 Å². The summed E-state index contributed by atoms with van der Waals surface area (Å²) in [6.07, 6.45) is 1.94. The maximum atomic E-state index is 12.5. The molecule has 1 aliphatic rings. The van der Waals surface area contributed by atoms with Gasteiger partial charge in [0.1, 0.15) is 0 Å². The van der Waals surface area contributed by atoms with Gasteiger partial charge in [-0.3, -0.25) is 9.59 Å². The van der Waals surface area contributed by atoms with E-state index in [9.17, 15) is 9.59 Å². The zero-order valence-corrected chi connectivity index (χ0v) is 14.7. The van der Waals surface area contributed by atoms with Crippen LogP contribution in [-0.4, -0.2) is 39.0 Å². The van der Waals surface area contributed by atoms with Crippen LogP contribution in [0.25, 0.3) is 0 Å². The Morgan fingerprint density at radius 3 is 2.52 bits per heavy atom. The predicted octanol–water partition coefficient (Wildman–Crippen LogP) is 2.46. The van der Waals surface area contributed by atoms with Crippen molar-refractivity contribution in [3.05, 3.63) is 59.7 Å². The van der Waals surface area contributed by atoms with Gasteiger partial charge in [0.15, 0.2) is 0 Å². The lowest BCUT2D eigenvalue weighted by molar-refractivity contribution is -0.117. The maximum absolute atomic E-state index is 12.5. The number of aryl methyl sites for hydroxylation is 1. The van der Waals surface area contributed by atoms with E-state index in [1.165, 1.54) is 5.56 Å². The highest BCUT2D eigenvalue weighted by atomic mass is 16.2. The topological polar surface area (TPSA) is 52.7 Å². The lowest BCUT2D eigenvalue weighted by Gasteiger charge is -2.29. The molecular weight excluding hydrogens is 314 g/mol. The molecule has 1 aliphatic heterocycles. The maximum Gasteiger partial charge on any atom is 0.251 e. The molecule has 0 atom stereocenters. The van der Waals surface area contributed by atoms with Crippen LogP contribution in [0.4, 0.5) is 11.4 Å². The molecule has 1 N–H and O–H groups in total. The van der Waals surface area contributed by atoms with Gasteiger partial charge in [-0.1, -0.05) is 18.2 Å². The molecule has 0 saturated heterocycles. The molecule has 0 spiro atoms. The van der Waals surface area contributed by atoms with Gasteiger partial charge in [-0.2, -0.15) is 0 Å². The highest BCUT2D eigenvalue weighted by Crippen LogP contribution is 2.26. The lowest BCUT2D eigenvalue weighted by Crippen LogP contribution is -2.42. The van der Waals surface area contributed by atoms with E-state index in [0.717, 1.165) is 24.2 Å². The van der Waals surface area contributed by atoms with Crippen molar-refractivity contribution in [3.8, 4) is 0 Å². The summed E-state index contributed by atoms with van der Waals surface area (Å²) in [6.45, 7) is 0.700. The molecule has 1 heterocycles. The molecule has 0 bridgehead atoms. The van der Waals surface area contributed by atoms with Gasteiger partial charge in [0.05, 0.1) is 6.54 Å². The Balaban J connectivity index is 1.62. The fraction of sp³-hybridized carbons (Fsp3) is 0.300. The van der Waals surface area contributed by atoms with Gasteiger partial charge >= 0.3 is 0 Å². The first-order chi connectivity index (χ1) is 12.1. The molecule has 0 unspecified atom stereocenters. The van der Waals surface area contributed by atoms with E-state index < -0.39 is 0 Å². The number of hydrogen-bond donors (Lipinski definition) is 1. The standard InChI is InChI=1S/C20H23N3O2/c1-22(2)17-11-9-16(10-12-17)20(25)21-14-19(24)23-13-5-7-15-6-3-4-8-18(15)23/h3-4,6,8-12H,5,7,13-14H2,1-2H3,(H,21,25). The van der Waals surface area contributed by atoms with E-state index in [0.29, 0.717) is 12.1 Å². The van der Waals surface area contributed by atoms with E-state index in [1.54, 1.807) is 17.0 Å². The summed E-state index contributed by atoms with van der Waals surface area (Å²) >= 11 is 0. The lowest BCUT2D eigenvalue weighted by atomic mass is 10.0. The first-order valence-electron chi connectivity index (χ1n) is 8.50. The van der Waals surface area contributed by atoms with Crippen molar-refractivity contribution < 1.29 is 9.59 Å². The molecule has 25 heavy (non-hydrogen) atoms. The number of anilines is 2. The molecule has 2 aromatic carbocycles. The van der Waals surface area contributed by atoms with Crippen LogP contribution >= 0.6 is 0 Å². The van der Waals surface area contributed by atoms with E-state index >= 15 is 0 Å². The third-order valence-corrected chi connectivity index (χ3v) is 4.46. The van der Waals surface area contributed by atoms with Crippen LogP contribution in [0.1, 0.15) is 22.3 Å². The normalized spacial score (nSPS) is 13.1. The average molecular weight is 337 g/mol. The number of hydrogen-bond acceptors (Lipinski definition) is 3. The fourth-order valence-corrected chi connectivity index (χ4v) is 3.06. The molecule has 0 aromatic heterocycles. The first kappa shape index (κ1) is 17.0. The van der Waals surface area contributed by atoms with Crippen LogP contribution in [0, 0.1) is 0 Å². The van der Waals surface area contributed by atoms with Crippen molar-refractivity contribution in [2.24, 2.45) is 0 Å². The van der Waals surface area contributed by atoms with E-state index in [-0.39, 0.29) is 18.4 Å². The molecule has 5 heteroatoms. The highest BCUT2D eigenvalue weighted by molar-refractivity contribution is 6.01. The summed E-state index contributed by atoms with van der Waals surface area (Å²) in [7, 11) is 3.90. The zero-order chi connectivity index (χ0) is 17.8. The molecule has 5 nitrogen and oxygen atoms in total. The Bertz CT molecular complexity index is 769. The van der Waals surface area contributed by atoms with Crippen molar-refractivity contribution in [2.75, 3.05) is 37.0 Å². The van der Waals surface area contributed by atoms with Crippen molar-refractivity contribution in [1.29, 1.82) is 0 Å². The van der Waals surface area contributed by atoms with Crippen molar-refractivity contribution in [2.45, 2.75) is 12.8 Å². The summed E-state index contributed by atoms with van der Waals surface area (Å²) in [4.78, 5) is 28.6. The number of rotatable bonds is 4. The second-order valence-electron chi connectivity index (χ2n) is 6.40. The van der Waals surface area contributed by atoms with Gasteiger partial charge in [0.25, 0.3) is 5.91 Å². The summed E-state index contributed by atoms with van der Waals surface area (Å²) in [5.41, 5.74) is 3.73. The Labute approximate surface area is 148 Å². The fourth-order valence-electron chi connectivity index (χ4n) is 3.06. The number of nitrogens with zero attached hydrogens (tertiary/aromatic N) is 2. The summed E-state index contributed by atoms with van der Waals surface area (Å²) in [5.74, 6) is -0.311. The number of para-hydroxylation sites is 1. The quantitative estimate of drug-likeness (QED) is 0.932. The van der Waals surface area contributed by atoms with Crippen LogP contribution in [0.15, 0.2) is 48.5 Å². The largest absolute Gasteiger partial charge is 0.378 e. The summed E-state index contributed by atoms with van der Waals surface area (Å²) < 4.78 is 0. The Kier molecular flexibility index (Phi) is 5.03. The SMILES string of the molecule is CN(C)c1ccc(C(=O)NCC(=O)N2CCCc3ccccc32)cc1. The minimum atomic E-state index is -0.232. The molecule has 3 rings (SSSR count). The van der Waals surface area contributed by atoms with Gasteiger partial charge in [-0.15, -0.1) is 0 Å². The van der Waals surface area contributed by atoms with Crippen LogP contribution in [0.5, 0.6) is 0 Å². The second-order valence-corrected chi connectivity index (χ2v) is 6.40. The molecule has 0 aliphatic carbocycles. The number of benzene rings is 2. The molecule has 0 fully saturated rings. The number of nitrogens with one attached hydrogen (secondary N) is 1. The highest BCUT2D eigenvalue weighted by Gasteiger charge is 2.22. The Morgan fingerprint density at radius 1 is 1.08 bits per heavy atom. The van der Waals surface area contributed by atoms with Crippen LogP contribution < -0.4 is 15.1 Å². The molecule has 2 aromatic rings. The van der Waals surface area contributed by atoms with Crippen molar-refractivity contribution in [1.82, 2.24) is 5.32 Å². The smallest absolute Gasteiger partial charge is 0.251 e. The average Bonchev–Trinajstić information content (AvgIpc) is 2.65. The minimum Gasteiger partial charge on any atom is -0.378 e. The molecule has 130 valence electrons. The molecule has 0 radical (unpaired) electrons. The Hall–Kier alpha value is -2.82. The molecule has 0 saturated carbocycles.